The summed E-state index contributed by atoms with van der Waals surface area (Å²) in [7, 11) is -2.38. The molecule has 0 atom stereocenters. The van der Waals surface area contributed by atoms with Crippen molar-refractivity contribution in [1.82, 2.24) is 0 Å². The quantitative estimate of drug-likeness (QED) is 0.311. The molecule has 0 radical (unpaired) electrons. The molecule has 0 aliphatic rings. The summed E-state index contributed by atoms with van der Waals surface area (Å²) in [6.07, 6.45) is 0. The van der Waals surface area contributed by atoms with Gasteiger partial charge in [-0.15, -0.1) is 13.8 Å². The summed E-state index contributed by atoms with van der Waals surface area (Å²) in [6.45, 7) is 18.2. The van der Waals surface area contributed by atoms with Crippen LogP contribution in [0, 0.1) is 11.4 Å². The molecule has 0 heterocycles. The molecule has 0 saturated carbocycles. The SMILES string of the molecule is CC(=[C-][Si](C)(C)C)C(C)=[C-][Si](C)(C)C.[Li+].[Li+]. The summed E-state index contributed by atoms with van der Waals surface area (Å²) < 4.78 is 0. The van der Waals surface area contributed by atoms with Crippen molar-refractivity contribution < 1.29 is 37.7 Å². The van der Waals surface area contributed by atoms with Crippen molar-refractivity contribution in [2.24, 2.45) is 0 Å². The van der Waals surface area contributed by atoms with Gasteiger partial charge >= 0.3 is 37.7 Å². The normalized spacial score (nSPS) is 14.0. The van der Waals surface area contributed by atoms with Gasteiger partial charge < -0.3 is 22.5 Å². The molecule has 0 rings (SSSR count). The van der Waals surface area contributed by atoms with E-state index in [1.165, 1.54) is 11.1 Å². The molecule has 4 heteroatoms. The molecule has 0 saturated heterocycles. The van der Waals surface area contributed by atoms with Crippen molar-refractivity contribution in [1.29, 1.82) is 0 Å². The summed E-state index contributed by atoms with van der Waals surface area (Å²) in [5.41, 5.74) is 9.86. The molecule has 0 aliphatic heterocycles. The van der Waals surface area contributed by atoms with Crippen LogP contribution in [0.3, 0.4) is 0 Å². The smallest absolute Gasteiger partial charge is 0.378 e. The maximum Gasteiger partial charge on any atom is 1.00 e. The molecule has 0 fully saturated rings. The molecule has 0 aromatic rings. The zero-order valence-electron chi connectivity index (χ0n) is 13.0. The molecule has 0 bridgehead atoms. The summed E-state index contributed by atoms with van der Waals surface area (Å²) >= 11 is 0. The minimum absolute atomic E-state index is 0. The summed E-state index contributed by atoms with van der Waals surface area (Å²) in [4.78, 5) is 0. The molecule has 0 aromatic heterocycles. The van der Waals surface area contributed by atoms with Gasteiger partial charge in [-0.05, 0) is 16.1 Å². The van der Waals surface area contributed by atoms with E-state index in [2.05, 4.69) is 64.5 Å². The van der Waals surface area contributed by atoms with Gasteiger partial charge in [-0.1, -0.05) is 39.3 Å². The first-order valence-corrected chi connectivity index (χ1v) is 12.2. The minimum atomic E-state index is -1.19. The third-order valence-corrected chi connectivity index (χ3v) is 3.94. The van der Waals surface area contributed by atoms with Crippen LogP contribution in [0.2, 0.25) is 39.3 Å². The van der Waals surface area contributed by atoms with Gasteiger partial charge in [0.25, 0.3) is 0 Å². The molecular formula is C12H24Li2Si2. The topological polar surface area (TPSA) is 0 Å². The molecular weight excluding hydrogens is 214 g/mol. The fourth-order valence-electron chi connectivity index (χ4n) is 1.31. The Balaban J connectivity index is -0.000000845. The Kier molecular flexibility index (Phi) is 11.5. The maximum atomic E-state index is 3.62. The van der Waals surface area contributed by atoms with Crippen molar-refractivity contribution in [3.63, 3.8) is 0 Å². The second kappa shape index (κ2) is 8.25. The average Bonchev–Trinajstić information content (AvgIpc) is 1.78. The minimum Gasteiger partial charge on any atom is -0.378 e. The predicted molar refractivity (Wildman–Crippen MR) is 71.6 cm³/mol. The van der Waals surface area contributed by atoms with Crippen molar-refractivity contribution in [2.75, 3.05) is 0 Å². The second-order valence-corrected chi connectivity index (χ2v) is 15.5. The fraction of sp³-hybridized carbons (Fsp3) is 0.667. The molecule has 0 amide bonds. The third-order valence-electron chi connectivity index (χ3n) is 1.69. The van der Waals surface area contributed by atoms with Gasteiger partial charge in [0.15, 0.2) is 0 Å². The van der Waals surface area contributed by atoms with Gasteiger partial charge in [-0.25, -0.2) is 0 Å². The standard InChI is InChI=1S/C12H24Si2.2Li/c1-11(9-13(3,4)5)12(2)10-14(6,7)8;;/h1-8H3;;/q-2;2*+1. The van der Waals surface area contributed by atoms with Crippen LogP contribution in [0.1, 0.15) is 13.8 Å². The van der Waals surface area contributed by atoms with Crippen molar-refractivity contribution in [2.45, 2.75) is 53.1 Å². The number of allylic oxidation sites excluding steroid dienone is 2. The Labute approximate surface area is 129 Å². The Hall–Kier alpha value is 1.11. The van der Waals surface area contributed by atoms with Crippen molar-refractivity contribution in [3.05, 3.63) is 22.5 Å². The molecule has 0 unspecified atom stereocenters. The summed E-state index contributed by atoms with van der Waals surface area (Å²) in [5, 5.41) is 0. The fourth-order valence-corrected chi connectivity index (χ4v) is 3.94. The zero-order valence-corrected chi connectivity index (χ0v) is 15.0. The van der Waals surface area contributed by atoms with Gasteiger partial charge in [0.05, 0.1) is 0 Å². The van der Waals surface area contributed by atoms with Crippen LogP contribution in [0.15, 0.2) is 11.1 Å². The third kappa shape index (κ3) is 13.2. The molecule has 0 aromatic carbocycles. The zero-order chi connectivity index (χ0) is 11.6. The van der Waals surface area contributed by atoms with Crippen LogP contribution >= 0.6 is 0 Å². The van der Waals surface area contributed by atoms with E-state index in [0.29, 0.717) is 0 Å². The predicted octanol–water partition coefficient (Wildman–Crippen LogP) is -1.75. The van der Waals surface area contributed by atoms with Crippen molar-refractivity contribution in [3.8, 4) is 0 Å². The number of rotatable bonds is 3. The van der Waals surface area contributed by atoms with E-state index < -0.39 is 16.1 Å². The van der Waals surface area contributed by atoms with E-state index in [4.69, 9.17) is 0 Å². The van der Waals surface area contributed by atoms with Crippen molar-refractivity contribution >= 4 is 16.1 Å². The van der Waals surface area contributed by atoms with Crippen LogP contribution in [-0.4, -0.2) is 16.1 Å². The first-order chi connectivity index (χ1) is 6.01. The van der Waals surface area contributed by atoms with Gasteiger partial charge in [0, 0.05) is 0 Å². The second-order valence-electron chi connectivity index (χ2n) is 6.00. The van der Waals surface area contributed by atoms with E-state index >= 15 is 0 Å². The van der Waals surface area contributed by atoms with E-state index in [9.17, 15) is 0 Å². The Morgan fingerprint density at radius 1 is 0.625 bits per heavy atom. The van der Waals surface area contributed by atoms with Gasteiger partial charge in [-0.3, -0.25) is 0 Å². The van der Waals surface area contributed by atoms with Gasteiger partial charge in [-0.2, -0.15) is 0 Å². The van der Waals surface area contributed by atoms with E-state index in [-0.39, 0.29) is 37.7 Å². The summed E-state index contributed by atoms with van der Waals surface area (Å²) in [6, 6.07) is 0. The maximum absolute atomic E-state index is 3.62. The molecule has 0 spiro atoms. The van der Waals surface area contributed by atoms with Crippen LogP contribution in [0.5, 0.6) is 0 Å². The number of hydrogen-bond acceptors (Lipinski definition) is 0. The molecule has 16 heavy (non-hydrogen) atoms. The summed E-state index contributed by atoms with van der Waals surface area (Å²) in [5.74, 6) is 0. The average molecular weight is 238 g/mol. The van der Waals surface area contributed by atoms with Crippen LogP contribution in [0.25, 0.3) is 0 Å². The number of hydrogen-bond donors (Lipinski definition) is 0. The van der Waals surface area contributed by atoms with E-state index in [1.54, 1.807) is 0 Å². The molecule has 0 nitrogen and oxygen atoms in total. The van der Waals surface area contributed by atoms with E-state index in [0.717, 1.165) is 0 Å². The van der Waals surface area contributed by atoms with Crippen LogP contribution < -0.4 is 37.7 Å². The Bertz CT molecular complexity index is 227. The Morgan fingerprint density at radius 3 is 0.938 bits per heavy atom. The first-order valence-electron chi connectivity index (χ1n) is 5.25. The van der Waals surface area contributed by atoms with Gasteiger partial charge in [0.2, 0.25) is 0 Å². The van der Waals surface area contributed by atoms with Gasteiger partial charge in [0.1, 0.15) is 0 Å². The first kappa shape index (κ1) is 22.3. The Morgan fingerprint density at radius 2 is 0.812 bits per heavy atom. The monoisotopic (exact) mass is 238 g/mol. The van der Waals surface area contributed by atoms with Crippen LogP contribution in [-0.2, 0) is 0 Å². The molecule has 82 valence electrons. The largest absolute Gasteiger partial charge is 1.00 e. The van der Waals surface area contributed by atoms with E-state index in [1.807, 2.05) is 0 Å². The molecule has 0 aliphatic carbocycles. The molecule has 0 N–H and O–H groups in total. The van der Waals surface area contributed by atoms with Crippen LogP contribution in [0.4, 0.5) is 0 Å².